The van der Waals surface area contributed by atoms with Gasteiger partial charge in [0.25, 0.3) is 5.91 Å². The van der Waals surface area contributed by atoms with E-state index in [0.29, 0.717) is 5.02 Å². The Labute approximate surface area is 177 Å². The molecule has 30 heavy (non-hydrogen) atoms. The molecule has 0 aliphatic rings. The molecule has 2 aromatic heterocycles. The summed E-state index contributed by atoms with van der Waals surface area (Å²) in [5.41, 5.74) is 3.52. The molecule has 0 spiro atoms. The Balaban J connectivity index is 1.40. The van der Waals surface area contributed by atoms with Crippen LogP contribution >= 0.6 is 11.6 Å². The van der Waals surface area contributed by atoms with Crippen molar-refractivity contribution in [1.82, 2.24) is 20.2 Å². The van der Waals surface area contributed by atoms with Crippen LogP contribution in [0.1, 0.15) is 23.0 Å². The molecule has 0 saturated heterocycles. The zero-order valence-corrected chi connectivity index (χ0v) is 16.9. The van der Waals surface area contributed by atoms with Gasteiger partial charge < -0.3 is 15.1 Å². The summed E-state index contributed by atoms with van der Waals surface area (Å²) in [5, 5.41) is 5.90. The average molecular weight is 423 g/mol. The molecule has 2 aromatic carbocycles. The highest BCUT2D eigenvalue weighted by Gasteiger charge is 2.18. The fraction of sp³-hybridized carbons (Fsp3) is 0.136. The fourth-order valence-corrected chi connectivity index (χ4v) is 3.31. The Morgan fingerprint density at radius 3 is 2.77 bits per heavy atom. The summed E-state index contributed by atoms with van der Waals surface area (Å²) < 4.78 is 6.98. The molecule has 8 heteroatoms. The van der Waals surface area contributed by atoms with Gasteiger partial charge in [-0.3, -0.25) is 14.2 Å². The summed E-state index contributed by atoms with van der Waals surface area (Å²) in [6, 6.07) is 15.9. The maximum Gasteiger partial charge on any atom is 0.287 e. The van der Waals surface area contributed by atoms with E-state index in [2.05, 4.69) is 15.6 Å². The molecule has 0 radical (unpaired) electrons. The smallest absolute Gasteiger partial charge is 0.287 e. The molecule has 0 bridgehead atoms. The monoisotopic (exact) mass is 422 g/mol. The van der Waals surface area contributed by atoms with Gasteiger partial charge in [0.1, 0.15) is 12.4 Å². The fourth-order valence-electron chi connectivity index (χ4n) is 3.07. The minimum absolute atomic E-state index is 0.153. The zero-order chi connectivity index (χ0) is 21.1. The van der Waals surface area contributed by atoms with E-state index in [1.807, 2.05) is 47.0 Å². The molecule has 7 nitrogen and oxygen atoms in total. The highest BCUT2D eigenvalue weighted by molar-refractivity contribution is 6.31. The van der Waals surface area contributed by atoms with Gasteiger partial charge in [0.05, 0.1) is 17.3 Å². The molecule has 2 N–H and O–H groups in total. The van der Waals surface area contributed by atoms with Crippen molar-refractivity contribution in [2.24, 2.45) is 0 Å². The maximum absolute atomic E-state index is 12.3. The van der Waals surface area contributed by atoms with Crippen LogP contribution in [0.3, 0.4) is 0 Å². The van der Waals surface area contributed by atoms with Gasteiger partial charge in [-0.15, -0.1) is 0 Å². The van der Waals surface area contributed by atoms with Gasteiger partial charge in [-0.25, -0.2) is 4.98 Å². The minimum Gasteiger partial charge on any atom is -0.459 e. The average Bonchev–Trinajstić information content (AvgIpc) is 3.42. The number of imidazole rings is 1. The minimum atomic E-state index is -0.724. The van der Waals surface area contributed by atoms with Crippen LogP contribution in [0.5, 0.6) is 0 Å². The SMILES string of the molecule is CC(NC(=O)c1ccco1)C(=O)NCc1ccc(-n2cnc3ccccc32)cc1Cl. The molecular formula is C22H19ClN4O3. The molecule has 1 unspecified atom stereocenters. The first-order valence-electron chi connectivity index (χ1n) is 9.36. The Kier molecular flexibility index (Phi) is 5.54. The van der Waals surface area contributed by atoms with Gasteiger partial charge in [-0.05, 0) is 48.9 Å². The summed E-state index contributed by atoms with van der Waals surface area (Å²) in [4.78, 5) is 28.7. The molecule has 0 saturated carbocycles. The number of rotatable bonds is 6. The van der Waals surface area contributed by atoms with Crippen molar-refractivity contribution in [3.05, 3.63) is 83.5 Å². The Hall–Kier alpha value is -3.58. The number of hydrogen-bond donors (Lipinski definition) is 2. The Bertz CT molecular complexity index is 1200. The van der Waals surface area contributed by atoms with E-state index in [4.69, 9.17) is 16.0 Å². The number of amides is 2. The number of furan rings is 1. The molecule has 2 amide bonds. The van der Waals surface area contributed by atoms with Crippen molar-refractivity contribution in [2.45, 2.75) is 19.5 Å². The van der Waals surface area contributed by atoms with Gasteiger partial charge in [-0.2, -0.15) is 0 Å². The topological polar surface area (TPSA) is 89.2 Å². The summed E-state index contributed by atoms with van der Waals surface area (Å²) in [6.45, 7) is 1.84. The first-order chi connectivity index (χ1) is 14.5. The quantitative estimate of drug-likeness (QED) is 0.495. The van der Waals surface area contributed by atoms with Gasteiger partial charge in [-0.1, -0.05) is 29.8 Å². The van der Waals surface area contributed by atoms with Crippen LogP contribution in [0.25, 0.3) is 16.7 Å². The lowest BCUT2D eigenvalue weighted by atomic mass is 10.2. The summed E-state index contributed by atoms with van der Waals surface area (Å²) in [5.74, 6) is -0.617. The van der Waals surface area contributed by atoms with E-state index in [-0.39, 0.29) is 18.2 Å². The molecule has 1 atom stereocenters. The third-order valence-corrected chi connectivity index (χ3v) is 5.06. The van der Waals surface area contributed by atoms with Crippen molar-refractivity contribution in [3.63, 3.8) is 0 Å². The molecule has 2 heterocycles. The number of carbonyl (C=O) groups excluding carboxylic acids is 2. The third kappa shape index (κ3) is 4.06. The van der Waals surface area contributed by atoms with Crippen molar-refractivity contribution in [2.75, 3.05) is 0 Å². The Morgan fingerprint density at radius 2 is 2.00 bits per heavy atom. The number of fused-ring (bicyclic) bond motifs is 1. The summed E-state index contributed by atoms with van der Waals surface area (Å²) >= 11 is 6.45. The summed E-state index contributed by atoms with van der Waals surface area (Å²) in [7, 11) is 0. The lowest BCUT2D eigenvalue weighted by molar-refractivity contribution is -0.122. The van der Waals surface area contributed by atoms with E-state index in [1.165, 1.54) is 12.3 Å². The number of carbonyl (C=O) groups is 2. The van der Waals surface area contributed by atoms with E-state index < -0.39 is 11.9 Å². The number of halogens is 1. The molecule has 4 aromatic rings. The van der Waals surface area contributed by atoms with Gasteiger partial charge in [0, 0.05) is 17.3 Å². The lowest BCUT2D eigenvalue weighted by Gasteiger charge is -2.14. The van der Waals surface area contributed by atoms with E-state index in [9.17, 15) is 9.59 Å². The first kappa shape index (κ1) is 19.7. The van der Waals surface area contributed by atoms with Crippen LogP contribution in [0.4, 0.5) is 0 Å². The Morgan fingerprint density at radius 1 is 1.17 bits per heavy atom. The van der Waals surface area contributed by atoms with Crippen LogP contribution in [0, 0.1) is 0 Å². The largest absolute Gasteiger partial charge is 0.459 e. The highest BCUT2D eigenvalue weighted by atomic mass is 35.5. The molecule has 0 aliphatic heterocycles. The van der Waals surface area contributed by atoms with Crippen molar-refractivity contribution in [3.8, 4) is 5.69 Å². The van der Waals surface area contributed by atoms with Crippen LogP contribution < -0.4 is 10.6 Å². The van der Waals surface area contributed by atoms with Gasteiger partial charge in [0.2, 0.25) is 5.91 Å². The van der Waals surface area contributed by atoms with Crippen molar-refractivity contribution in [1.29, 1.82) is 0 Å². The van der Waals surface area contributed by atoms with Crippen molar-refractivity contribution >= 4 is 34.4 Å². The van der Waals surface area contributed by atoms with E-state index in [0.717, 1.165) is 22.3 Å². The van der Waals surface area contributed by atoms with Crippen LogP contribution in [0.15, 0.2) is 71.6 Å². The predicted molar refractivity (Wildman–Crippen MR) is 114 cm³/mol. The number of aromatic nitrogens is 2. The normalized spacial score (nSPS) is 11.9. The molecule has 0 fully saturated rings. The number of benzene rings is 2. The maximum atomic E-state index is 12.3. The molecular weight excluding hydrogens is 404 g/mol. The molecule has 4 rings (SSSR count). The van der Waals surface area contributed by atoms with Crippen LogP contribution in [-0.4, -0.2) is 27.4 Å². The van der Waals surface area contributed by atoms with Gasteiger partial charge in [0.15, 0.2) is 5.76 Å². The number of hydrogen-bond acceptors (Lipinski definition) is 4. The van der Waals surface area contributed by atoms with Crippen LogP contribution in [-0.2, 0) is 11.3 Å². The third-order valence-electron chi connectivity index (χ3n) is 4.71. The zero-order valence-electron chi connectivity index (χ0n) is 16.1. The number of para-hydroxylation sites is 2. The van der Waals surface area contributed by atoms with Gasteiger partial charge >= 0.3 is 0 Å². The van der Waals surface area contributed by atoms with Crippen LogP contribution in [0.2, 0.25) is 5.02 Å². The lowest BCUT2D eigenvalue weighted by Crippen LogP contribution is -2.44. The van der Waals surface area contributed by atoms with E-state index in [1.54, 1.807) is 19.3 Å². The van der Waals surface area contributed by atoms with E-state index >= 15 is 0 Å². The first-order valence-corrected chi connectivity index (χ1v) is 9.73. The number of nitrogens with one attached hydrogen (secondary N) is 2. The number of nitrogens with zero attached hydrogens (tertiary/aromatic N) is 2. The van der Waals surface area contributed by atoms with Crippen molar-refractivity contribution < 1.29 is 14.0 Å². The second-order valence-corrected chi connectivity index (χ2v) is 7.18. The predicted octanol–water partition coefficient (Wildman–Crippen LogP) is 3.71. The standard InChI is InChI=1S/C22H19ClN4O3/c1-14(26-22(29)20-7-4-10-30-20)21(28)24-12-15-8-9-16(11-17(15)23)27-13-25-18-5-2-3-6-19(18)27/h2-11,13-14H,12H2,1H3,(H,24,28)(H,26,29). The second-order valence-electron chi connectivity index (χ2n) is 6.77. The summed E-state index contributed by atoms with van der Waals surface area (Å²) in [6.07, 6.45) is 3.15. The molecule has 152 valence electrons. The molecule has 0 aliphatic carbocycles. The highest BCUT2D eigenvalue weighted by Crippen LogP contribution is 2.23. The second kappa shape index (κ2) is 8.42.